The molecule has 1 aromatic carbocycles. The van der Waals surface area contributed by atoms with E-state index in [0.29, 0.717) is 10.9 Å². The van der Waals surface area contributed by atoms with Crippen LogP contribution in [0, 0.1) is 0 Å². The second-order valence-electron chi connectivity index (χ2n) is 5.02. The van der Waals surface area contributed by atoms with Gasteiger partial charge in [-0.25, -0.2) is 0 Å². The van der Waals surface area contributed by atoms with Crippen LogP contribution in [0.15, 0.2) is 22.9 Å². The van der Waals surface area contributed by atoms with Crippen molar-refractivity contribution in [2.75, 3.05) is 0 Å². The van der Waals surface area contributed by atoms with Crippen molar-refractivity contribution in [3.05, 3.63) is 29.5 Å². The van der Waals surface area contributed by atoms with Crippen molar-refractivity contribution >= 4 is 11.0 Å². The molecule has 1 aromatic heterocycles. The van der Waals surface area contributed by atoms with Crippen LogP contribution in [0.5, 0.6) is 0 Å². The molecule has 5 heteroatoms. The van der Waals surface area contributed by atoms with Crippen LogP contribution in [0.25, 0.3) is 11.0 Å². The third-order valence-electron chi connectivity index (χ3n) is 2.62. The molecule has 0 bridgehead atoms. The van der Waals surface area contributed by atoms with Crippen molar-refractivity contribution in [3.8, 4) is 0 Å². The predicted octanol–water partition coefficient (Wildman–Crippen LogP) is 4.14. The molecule has 0 fully saturated rings. The first-order valence-electron chi connectivity index (χ1n) is 5.16. The minimum atomic E-state index is -4.43. The highest BCUT2D eigenvalue weighted by Gasteiger charge is 2.36. The summed E-state index contributed by atoms with van der Waals surface area (Å²) in [5, 5.41) is 3.80. The van der Waals surface area contributed by atoms with Crippen LogP contribution in [-0.4, -0.2) is 5.16 Å². The van der Waals surface area contributed by atoms with Crippen molar-refractivity contribution in [1.82, 2.24) is 5.16 Å². The van der Waals surface area contributed by atoms with Gasteiger partial charge in [0.1, 0.15) is 5.56 Å². The Morgan fingerprint density at radius 1 is 1.12 bits per heavy atom. The van der Waals surface area contributed by atoms with Crippen molar-refractivity contribution in [1.29, 1.82) is 0 Å². The molecular formula is C12H12F3NO. The lowest BCUT2D eigenvalue weighted by molar-refractivity contribution is -0.137. The van der Waals surface area contributed by atoms with Gasteiger partial charge in [0.05, 0.1) is 6.20 Å². The Balaban J connectivity index is 2.76. The van der Waals surface area contributed by atoms with Crippen molar-refractivity contribution < 1.29 is 17.7 Å². The SMILES string of the molecule is CC(C)(C)c1cc(C(F)(F)F)c2oncc2c1. The third kappa shape index (κ3) is 2.14. The summed E-state index contributed by atoms with van der Waals surface area (Å²) in [6.07, 6.45) is -3.13. The number of rotatable bonds is 0. The molecule has 0 N–H and O–H groups in total. The molecule has 1 heterocycles. The van der Waals surface area contributed by atoms with E-state index in [2.05, 4.69) is 9.68 Å². The molecule has 0 atom stereocenters. The van der Waals surface area contributed by atoms with Crippen LogP contribution in [0.4, 0.5) is 13.2 Å². The van der Waals surface area contributed by atoms with Gasteiger partial charge in [0.2, 0.25) is 0 Å². The number of halogens is 3. The smallest absolute Gasteiger partial charge is 0.356 e. The first kappa shape index (κ1) is 12.0. The molecular weight excluding hydrogens is 231 g/mol. The maximum absolute atomic E-state index is 12.9. The molecule has 0 aliphatic heterocycles. The van der Waals surface area contributed by atoms with E-state index in [1.54, 1.807) is 6.07 Å². The molecule has 2 nitrogen and oxygen atoms in total. The van der Waals surface area contributed by atoms with Crippen molar-refractivity contribution in [2.24, 2.45) is 0 Å². The maximum Gasteiger partial charge on any atom is 0.420 e. The standard InChI is InChI=1S/C12H12F3NO/c1-11(2,3)8-4-7-6-16-17-10(7)9(5-8)12(13,14)15/h4-6H,1-3H3. The monoisotopic (exact) mass is 243 g/mol. The number of aromatic nitrogens is 1. The average Bonchev–Trinajstić information content (AvgIpc) is 2.59. The molecule has 0 aliphatic rings. The van der Waals surface area contributed by atoms with Gasteiger partial charge in [0.15, 0.2) is 5.58 Å². The molecule has 0 unspecified atom stereocenters. The Hall–Kier alpha value is -1.52. The Morgan fingerprint density at radius 2 is 1.76 bits per heavy atom. The Morgan fingerprint density at radius 3 is 2.29 bits per heavy atom. The molecule has 2 aromatic rings. The number of alkyl halides is 3. The molecule has 0 saturated carbocycles. The summed E-state index contributed by atoms with van der Waals surface area (Å²) < 4.78 is 43.3. The molecule has 0 aliphatic carbocycles. The fourth-order valence-corrected chi connectivity index (χ4v) is 1.63. The van der Waals surface area contributed by atoms with Gasteiger partial charge in [-0.2, -0.15) is 13.2 Å². The van der Waals surface area contributed by atoms with Gasteiger partial charge in [0, 0.05) is 5.39 Å². The van der Waals surface area contributed by atoms with Gasteiger partial charge in [0.25, 0.3) is 0 Å². The second-order valence-corrected chi connectivity index (χ2v) is 5.02. The number of hydrogen-bond acceptors (Lipinski definition) is 2. The molecule has 0 radical (unpaired) electrons. The number of benzene rings is 1. The van der Waals surface area contributed by atoms with E-state index in [0.717, 1.165) is 6.07 Å². The molecule has 2 rings (SSSR count). The number of nitrogens with zero attached hydrogens (tertiary/aromatic N) is 1. The summed E-state index contributed by atoms with van der Waals surface area (Å²) in [7, 11) is 0. The van der Waals surface area contributed by atoms with Crippen molar-refractivity contribution in [2.45, 2.75) is 32.4 Å². The third-order valence-corrected chi connectivity index (χ3v) is 2.62. The van der Waals surface area contributed by atoms with Crippen LogP contribution in [0.3, 0.4) is 0 Å². The highest BCUT2D eigenvalue weighted by molar-refractivity contribution is 5.81. The number of fused-ring (bicyclic) bond motifs is 1. The lowest BCUT2D eigenvalue weighted by Crippen LogP contribution is -2.14. The van der Waals surface area contributed by atoms with Crippen LogP contribution in [-0.2, 0) is 11.6 Å². The highest BCUT2D eigenvalue weighted by atomic mass is 19.4. The summed E-state index contributed by atoms with van der Waals surface area (Å²) in [5.74, 6) is 0. The lowest BCUT2D eigenvalue weighted by Gasteiger charge is -2.20. The largest absolute Gasteiger partial charge is 0.420 e. The molecule has 92 valence electrons. The molecule has 0 saturated heterocycles. The van der Waals surface area contributed by atoms with Gasteiger partial charge in [-0.15, -0.1) is 0 Å². The van der Waals surface area contributed by atoms with Gasteiger partial charge in [-0.1, -0.05) is 25.9 Å². The number of hydrogen-bond donors (Lipinski definition) is 0. The van der Waals surface area contributed by atoms with E-state index < -0.39 is 11.7 Å². The average molecular weight is 243 g/mol. The predicted molar refractivity (Wildman–Crippen MR) is 57.7 cm³/mol. The minimum Gasteiger partial charge on any atom is -0.356 e. The van der Waals surface area contributed by atoms with Gasteiger partial charge < -0.3 is 4.52 Å². The normalized spacial score (nSPS) is 13.3. The topological polar surface area (TPSA) is 26.0 Å². The van der Waals surface area contributed by atoms with Gasteiger partial charge in [-0.3, -0.25) is 0 Å². The summed E-state index contributed by atoms with van der Waals surface area (Å²) in [5.41, 5.74) is -0.714. The highest BCUT2D eigenvalue weighted by Crippen LogP contribution is 2.38. The van der Waals surface area contributed by atoms with Gasteiger partial charge >= 0.3 is 6.18 Å². The van der Waals surface area contributed by atoms with E-state index in [4.69, 9.17) is 0 Å². The van der Waals surface area contributed by atoms with E-state index in [-0.39, 0.29) is 11.0 Å². The molecule has 0 amide bonds. The van der Waals surface area contributed by atoms with E-state index in [9.17, 15) is 13.2 Å². The van der Waals surface area contributed by atoms with E-state index in [1.807, 2.05) is 20.8 Å². The first-order chi connectivity index (χ1) is 7.69. The van der Waals surface area contributed by atoms with Gasteiger partial charge in [-0.05, 0) is 23.1 Å². The van der Waals surface area contributed by atoms with E-state index >= 15 is 0 Å². The fraction of sp³-hybridized carbons (Fsp3) is 0.417. The zero-order valence-electron chi connectivity index (χ0n) is 9.72. The summed E-state index contributed by atoms with van der Waals surface area (Å²) in [6.45, 7) is 5.59. The van der Waals surface area contributed by atoms with E-state index in [1.165, 1.54) is 6.20 Å². The summed E-state index contributed by atoms with van der Waals surface area (Å²) in [4.78, 5) is 0. The van der Waals surface area contributed by atoms with Crippen LogP contribution < -0.4 is 0 Å². The van der Waals surface area contributed by atoms with Crippen LogP contribution in [0.1, 0.15) is 31.9 Å². The zero-order chi connectivity index (χ0) is 12.8. The summed E-state index contributed by atoms with van der Waals surface area (Å²) in [6, 6.07) is 2.81. The minimum absolute atomic E-state index is 0.203. The Bertz CT molecular complexity index is 549. The Kier molecular flexibility index (Phi) is 2.45. The molecule has 17 heavy (non-hydrogen) atoms. The molecule has 0 spiro atoms. The maximum atomic E-state index is 12.9. The first-order valence-corrected chi connectivity index (χ1v) is 5.16. The Labute approximate surface area is 96.4 Å². The zero-order valence-corrected chi connectivity index (χ0v) is 9.72. The summed E-state index contributed by atoms with van der Waals surface area (Å²) >= 11 is 0. The van der Waals surface area contributed by atoms with Crippen molar-refractivity contribution in [3.63, 3.8) is 0 Å². The lowest BCUT2D eigenvalue weighted by atomic mass is 9.85. The van der Waals surface area contributed by atoms with Crippen LogP contribution >= 0.6 is 0 Å². The quantitative estimate of drug-likeness (QED) is 0.694. The second kappa shape index (κ2) is 3.48. The fourth-order valence-electron chi connectivity index (χ4n) is 1.63. The van der Waals surface area contributed by atoms with Crippen LogP contribution in [0.2, 0.25) is 0 Å².